The Morgan fingerprint density at radius 1 is 1.21 bits per heavy atom. The number of aromatic amines is 1. The summed E-state index contributed by atoms with van der Waals surface area (Å²) in [5.74, 6) is -2.00. The van der Waals surface area contributed by atoms with Gasteiger partial charge < -0.3 is 34.9 Å². The largest absolute Gasteiger partial charge is 0.455 e. The maximum absolute atomic E-state index is 12.7. The first kappa shape index (κ1) is 30.8. The summed E-state index contributed by atoms with van der Waals surface area (Å²) in [6, 6.07) is 0.411. The molecule has 1 aliphatic heterocycles. The monoisotopic (exact) mass is 590 g/mol. The number of hydrogen-bond donors (Lipinski definition) is 5. The topological polar surface area (TPSA) is 230 Å². The third kappa shape index (κ3) is 5.92. The number of aliphatic hydroxyl groups is 2. The van der Waals surface area contributed by atoms with Crippen molar-refractivity contribution in [3.8, 4) is 0 Å². The van der Waals surface area contributed by atoms with Crippen LogP contribution < -0.4 is 16.6 Å². The van der Waals surface area contributed by atoms with Gasteiger partial charge in [0.15, 0.2) is 12.3 Å². The number of amides is 1. The zero-order valence-electron chi connectivity index (χ0n) is 23.7. The van der Waals surface area contributed by atoms with Crippen LogP contribution >= 0.6 is 0 Å². The van der Waals surface area contributed by atoms with E-state index in [0.717, 1.165) is 0 Å². The van der Waals surface area contributed by atoms with Crippen molar-refractivity contribution in [3.63, 3.8) is 0 Å². The quantitative estimate of drug-likeness (QED) is 0.169. The van der Waals surface area contributed by atoms with Gasteiger partial charge in [0.1, 0.15) is 23.3 Å². The van der Waals surface area contributed by atoms with Gasteiger partial charge >= 0.3 is 18.0 Å². The molecule has 5 unspecified atom stereocenters. The van der Waals surface area contributed by atoms with Gasteiger partial charge in [0.2, 0.25) is 6.79 Å². The zero-order valence-corrected chi connectivity index (χ0v) is 23.7. The van der Waals surface area contributed by atoms with E-state index in [1.807, 2.05) is 0 Å². The number of carbonyl (C=O) groups excluding carboxylic acids is 3. The Morgan fingerprint density at radius 2 is 1.93 bits per heavy atom. The van der Waals surface area contributed by atoms with E-state index in [-0.39, 0.29) is 27.9 Å². The molecule has 16 nitrogen and oxygen atoms in total. The Kier molecular flexibility index (Phi) is 8.81. The number of hydrogen-bond acceptors (Lipinski definition) is 13. The van der Waals surface area contributed by atoms with Crippen LogP contribution in [0.1, 0.15) is 40.8 Å². The second-order valence-electron chi connectivity index (χ2n) is 10.8. The maximum atomic E-state index is 12.7. The van der Waals surface area contributed by atoms with Gasteiger partial charge in [0, 0.05) is 17.0 Å². The molecule has 0 bridgehead atoms. The molecule has 0 radical (unpaired) electrons. The van der Waals surface area contributed by atoms with Gasteiger partial charge in [-0.1, -0.05) is 27.7 Å². The second-order valence-corrected chi connectivity index (χ2v) is 10.8. The molecule has 4 rings (SSSR count). The van der Waals surface area contributed by atoms with E-state index in [9.17, 15) is 29.4 Å². The molecule has 1 fully saturated rings. The van der Waals surface area contributed by atoms with E-state index in [0.29, 0.717) is 5.39 Å². The summed E-state index contributed by atoms with van der Waals surface area (Å²) in [6.45, 7) is 6.85. The smallest absolute Gasteiger partial charge is 0.414 e. The van der Waals surface area contributed by atoms with Crippen LogP contribution in [0.25, 0.3) is 21.7 Å². The predicted molar refractivity (Wildman–Crippen MR) is 146 cm³/mol. The Morgan fingerprint density at radius 3 is 2.57 bits per heavy atom. The molecule has 16 heteroatoms. The molecule has 42 heavy (non-hydrogen) atoms. The molecule has 0 saturated carbocycles. The highest BCUT2D eigenvalue weighted by Gasteiger charge is 2.56. The number of rotatable bonds is 9. The van der Waals surface area contributed by atoms with E-state index in [2.05, 4.69) is 20.6 Å². The third-order valence-electron chi connectivity index (χ3n) is 6.93. The summed E-state index contributed by atoms with van der Waals surface area (Å²) < 4.78 is 22.4. The number of anilines is 1. The summed E-state index contributed by atoms with van der Waals surface area (Å²) in [7, 11) is 0. The molecule has 0 spiro atoms. The van der Waals surface area contributed by atoms with E-state index in [4.69, 9.17) is 24.7 Å². The lowest BCUT2D eigenvalue weighted by atomic mass is 9.96. The molecule has 1 saturated heterocycles. The summed E-state index contributed by atoms with van der Waals surface area (Å²) in [4.78, 5) is 49.4. The lowest BCUT2D eigenvalue weighted by molar-refractivity contribution is -0.167. The van der Waals surface area contributed by atoms with Crippen molar-refractivity contribution in [2.45, 2.75) is 64.7 Å². The molecule has 3 heterocycles. The fourth-order valence-corrected chi connectivity index (χ4v) is 4.51. The highest BCUT2D eigenvalue weighted by atomic mass is 16.7. The Bertz CT molecular complexity index is 1550. The van der Waals surface area contributed by atoms with Crippen LogP contribution in [0.5, 0.6) is 0 Å². The van der Waals surface area contributed by atoms with Gasteiger partial charge in [-0.2, -0.15) is 10.2 Å². The Balaban J connectivity index is 1.71. The molecule has 0 aliphatic carbocycles. The van der Waals surface area contributed by atoms with Crippen molar-refractivity contribution in [2.75, 3.05) is 18.7 Å². The number of aliphatic hydroxyl groups excluding tert-OH is 1. The number of esters is 2. The summed E-state index contributed by atoms with van der Waals surface area (Å²) in [5.41, 5.74) is 3.73. The van der Waals surface area contributed by atoms with E-state index < -0.39 is 73.0 Å². The average molecular weight is 591 g/mol. The lowest BCUT2D eigenvalue weighted by Crippen LogP contribution is -2.50. The maximum Gasteiger partial charge on any atom is 0.414 e. The Labute approximate surface area is 239 Å². The highest BCUT2D eigenvalue weighted by Crippen LogP contribution is 2.41. The van der Waals surface area contributed by atoms with Crippen molar-refractivity contribution in [2.24, 2.45) is 17.6 Å². The molecule has 1 aliphatic rings. The molecular formula is C26H34N6O10. The van der Waals surface area contributed by atoms with E-state index in [1.54, 1.807) is 27.7 Å². The van der Waals surface area contributed by atoms with Gasteiger partial charge in [-0.3, -0.25) is 19.7 Å². The standard InChI is InChI=1S/C26H34N6O10/c1-11(2)19(27)23(36)42-20-17(9-33)41-24(26(20,5)38)32-8-14-15(29-25(37)40-10-39-22(35)12(3)4)6-13-18(14)16(31-32)7-28-30-21(13)34/h6-8,11-12,17,19-20,24,33,38H,9-10,27H2,1-5H3,(H,29,37)(H,30,34). The number of nitrogens with two attached hydrogens (primary N) is 1. The van der Waals surface area contributed by atoms with Gasteiger partial charge in [-0.05, 0) is 18.9 Å². The molecule has 5 atom stereocenters. The lowest BCUT2D eigenvalue weighted by Gasteiger charge is -2.31. The van der Waals surface area contributed by atoms with Crippen LogP contribution in [0.3, 0.4) is 0 Å². The van der Waals surface area contributed by atoms with Crippen molar-refractivity contribution in [1.82, 2.24) is 20.0 Å². The first-order valence-corrected chi connectivity index (χ1v) is 13.2. The van der Waals surface area contributed by atoms with Crippen molar-refractivity contribution >= 4 is 45.4 Å². The number of nitrogens with zero attached hydrogens (tertiary/aromatic N) is 3. The fourth-order valence-electron chi connectivity index (χ4n) is 4.51. The van der Waals surface area contributed by atoms with E-state index >= 15 is 0 Å². The molecule has 228 valence electrons. The SMILES string of the molecule is CC(C)C(=O)OCOC(=O)Nc1cc2c(=O)[nH]ncc3nn(C4OC(CO)C(OC(=O)C(N)C(C)C)C4(C)O)cc1c32. The first-order chi connectivity index (χ1) is 19.8. The van der Waals surface area contributed by atoms with Crippen LogP contribution in [0.15, 0.2) is 23.3 Å². The molecule has 6 N–H and O–H groups in total. The molecule has 1 amide bonds. The van der Waals surface area contributed by atoms with Gasteiger partial charge in [0.25, 0.3) is 5.56 Å². The number of aromatic nitrogens is 4. The molecule has 2 aromatic heterocycles. The van der Waals surface area contributed by atoms with Crippen molar-refractivity contribution < 1.29 is 43.5 Å². The number of ether oxygens (including phenoxy) is 4. The van der Waals surface area contributed by atoms with E-state index in [1.165, 1.54) is 30.1 Å². The third-order valence-corrected chi connectivity index (χ3v) is 6.93. The number of H-pyrrole nitrogens is 1. The van der Waals surface area contributed by atoms with Crippen LogP contribution in [0.2, 0.25) is 0 Å². The minimum Gasteiger partial charge on any atom is -0.455 e. The summed E-state index contributed by atoms with van der Waals surface area (Å²) in [5, 5.41) is 35.5. The normalized spacial score (nSPS) is 23.0. The number of carbonyl (C=O) groups is 3. The summed E-state index contributed by atoms with van der Waals surface area (Å²) in [6.07, 6.45) is -2.06. The summed E-state index contributed by atoms with van der Waals surface area (Å²) >= 11 is 0. The Hall–Kier alpha value is -4.12. The second kappa shape index (κ2) is 12.0. The minimum absolute atomic E-state index is 0.130. The van der Waals surface area contributed by atoms with Gasteiger partial charge in [-0.25, -0.2) is 14.6 Å². The molecule has 1 aromatic carbocycles. The van der Waals surface area contributed by atoms with Crippen LogP contribution in [0.4, 0.5) is 10.5 Å². The zero-order chi connectivity index (χ0) is 30.9. The first-order valence-electron chi connectivity index (χ1n) is 13.2. The fraction of sp³-hybridized carbons (Fsp3) is 0.538. The van der Waals surface area contributed by atoms with Crippen LogP contribution in [-0.2, 0) is 28.5 Å². The van der Waals surface area contributed by atoms with Crippen LogP contribution in [0, 0.1) is 11.8 Å². The molecule has 3 aromatic rings. The molecular weight excluding hydrogens is 556 g/mol. The minimum atomic E-state index is -1.92. The van der Waals surface area contributed by atoms with Gasteiger partial charge in [-0.15, -0.1) is 0 Å². The van der Waals surface area contributed by atoms with Crippen molar-refractivity contribution in [3.05, 3.63) is 28.8 Å². The van der Waals surface area contributed by atoms with Crippen molar-refractivity contribution in [1.29, 1.82) is 0 Å². The number of nitrogens with one attached hydrogen (secondary N) is 2. The van der Waals surface area contributed by atoms with Crippen LogP contribution in [-0.4, -0.2) is 85.5 Å². The average Bonchev–Trinajstić information content (AvgIpc) is 3.35. The van der Waals surface area contributed by atoms with Gasteiger partial charge in [0.05, 0.1) is 29.8 Å². The highest BCUT2D eigenvalue weighted by molar-refractivity contribution is 6.16. The predicted octanol–water partition coefficient (Wildman–Crippen LogP) is 0.514.